The molecule has 3 nitrogen and oxygen atoms in total. The van der Waals surface area contributed by atoms with Gasteiger partial charge in [-0.25, -0.2) is 0 Å². The third-order valence-corrected chi connectivity index (χ3v) is 3.47. The molecule has 3 aliphatic heterocycles. The van der Waals surface area contributed by atoms with Crippen molar-refractivity contribution < 1.29 is 4.74 Å². The Morgan fingerprint density at radius 2 is 1.94 bits per heavy atom. The Labute approximate surface area is 96.2 Å². The number of piperidine rings is 1. The molecular weight excluding hydrogens is 200 g/mol. The van der Waals surface area contributed by atoms with Gasteiger partial charge in [-0.1, -0.05) is 24.3 Å². The molecule has 16 heavy (non-hydrogen) atoms. The summed E-state index contributed by atoms with van der Waals surface area (Å²) in [5, 5.41) is 0. The molecule has 3 saturated heterocycles. The minimum atomic E-state index is 0.497. The van der Waals surface area contributed by atoms with Crippen LogP contribution in [0.25, 0.3) is 0 Å². The van der Waals surface area contributed by atoms with Crippen LogP contribution < -0.4 is 5.73 Å². The molecule has 86 valence electrons. The van der Waals surface area contributed by atoms with E-state index >= 15 is 0 Å². The van der Waals surface area contributed by atoms with Crippen LogP contribution in [-0.2, 0) is 17.8 Å². The summed E-state index contributed by atoms with van der Waals surface area (Å²) in [5.41, 5.74) is 8.23. The summed E-state index contributed by atoms with van der Waals surface area (Å²) in [7, 11) is 0. The molecule has 0 spiro atoms. The summed E-state index contributed by atoms with van der Waals surface area (Å²) in [4.78, 5) is 2.48. The van der Waals surface area contributed by atoms with E-state index in [9.17, 15) is 0 Å². The summed E-state index contributed by atoms with van der Waals surface area (Å²) in [6.45, 7) is 3.83. The predicted molar refractivity (Wildman–Crippen MR) is 62.9 cm³/mol. The van der Waals surface area contributed by atoms with Gasteiger partial charge in [0, 0.05) is 32.6 Å². The molecule has 3 heteroatoms. The van der Waals surface area contributed by atoms with Crippen molar-refractivity contribution in [3.63, 3.8) is 0 Å². The van der Waals surface area contributed by atoms with E-state index in [2.05, 4.69) is 29.2 Å². The van der Waals surface area contributed by atoms with E-state index in [4.69, 9.17) is 10.5 Å². The normalized spacial score (nSPS) is 28.8. The van der Waals surface area contributed by atoms with E-state index in [0.717, 1.165) is 19.6 Å². The smallest absolute Gasteiger partial charge is 0.0731 e. The Morgan fingerprint density at radius 1 is 1.25 bits per heavy atom. The van der Waals surface area contributed by atoms with Gasteiger partial charge in [-0.3, -0.25) is 4.90 Å². The van der Waals surface area contributed by atoms with Gasteiger partial charge in [0.15, 0.2) is 0 Å². The van der Waals surface area contributed by atoms with E-state index in [1.54, 1.807) is 0 Å². The van der Waals surface area contributed by atoms with Gasteiger partial charge in [0.05, 0.1) is 12.2 Å². The topological polar surface area (TPSA) is 38.5 Å². The second-order valence-electron chi connectivity index (χ2n) is 4.83. The maximum Gasteiger partial charge on any atom is 0.0731 e. The fraction of sp³-hybridized carbons (Fsp3) is 0.538. The molecule has 3 heterocycles. The number of fused-ring (bicyclic) bond motifs is 2. The average molecular weight is 218 g/mol. The summed E-state index contributed by atoms with van der Waals surface area (Å²) in [5.74, 6) is 0. The van der Waals surface area contributed by atoms with Gasteiger partial charge in [-0.2, -0.15) is 0 Å². The summed E-state index contributed by atoms with van der Waals surface area (Å²) in [6, 6.07) is 8.57. The fourth-order valence-electron chi connectivity index (χ4n) is 2.68. The lowest BCUT2D eigenvalue weighted by atomic mass is 9.98. The highest BCUT2D eigenvalue weighted by molar-refractivity contribution is 5.23. The lowest BCUT2D eigenvalue weighted by molar-refractivity contribution is -0.182. The first kappa shape index (κ1) is 10.3. The van der Waals surface area contributed by atoms with Crippen LogP contribution in [0, 0.1) is 0 Å². The van der Waals surface area contributed by atoms with Gasteiger partial charge in [0.25, 0.3) is 0 Å². The molecule has 0 saturated carbocycles. The van der Waals surface area contributed by atoms with Crippen molar-refractivity contribution in [1.82, 2.24) is 4.90 Å². The van der Waals surface area contributed by atoms with E-state index in [0.29, 0.717) is 18.8 Å². The van der Waals surface area contributed by atoms with Gasteiger partial charge in [-0.15, -0.1) is 0 Å². The fourth-order valence-corrected chi connectivity index (χ4v) is 2.68. The van der Waals surface area contributed by atoms with Crippen molar-refractivity contribution in [2.75, 3.05) is 13.1 Å². The van der Waals surface area contributed by atoms with E-state index in [1.807, 2.05) is 0 Å². The largest absolute Gasteiger partial charge is 0.372 e. The molecule has 2 N–H and O–H groups in total. The van der Waals surface area contributed by atoms with E-state index in [-0.39, 0.29) is 0 Å². The minimum absolute atomic E-state index is 0.497. The van der Waals surface area contributed by atoms with Crippen molar-refractivity contribution in [1.29, 1.82) is 0 Å². The quantitative estimate of drug-likeness (QED) is 0.826. The number of hydrogen-bond acceptors (Lipinski definition) is 3. The van der Waals surface area contributed by atoms with Crippen molar-refractivity contribution in [3.8, 4) is 0 Å². The molecule has 3 fully saturated rings. The van der Waals surface area contributed by atoms with Crippen LogP contribution in [0.1, 0.15) is 17.5 Å². The van der Waals surface area contributed by atoms with Crippen LogP contribution in [-0.4, -0.2) is 30.2 Å². The van der Waals surface area contributed by atoms with Crippen LogP contribution in [0.5, 0.6) is 0 Å². The molecular formula is C13H18N2O. The lowest BCUT2D eigenvalue weighted by Crippen LogP contribution is -2.56. The Bertz CT molecular complexity index is 364. The molecule has 0 amide bonds. The van der Waals surface area contributed by atoms with Crippen molar-refractivity contribution in [2.24, 2.45) is 5.73 Å². The molecule has 2 unspecified atom stereocenters. The summed E-state index contributed by atoms with van der Waals surface area (Å²) < 4.78 is 5.63. The van der Waals surface area contributed by atoms with Crippen LogP contribution in [0.2, 0.25) is 0 Å². The number of benzene rings is 1. The van der Waals surface area contributed by atoms with Crippen molar-refractivity contribution in [3.05, 3.63) is 35.4 Å². The van der Waals surface area contributed by atoms with Gasteiger partial charge in [0.2, 0.25) is 0 Å². The zero-order chi connectivity index (χ0) is 11.0. The molecule has 1 aromatic rings. The molecule has 0 aliphatic carbocycles. The Kier molecular flexibility index (Phi) is 2.67. The summed E-state index contributed by atoms with van der Waals surface area (Å²) >= 11 is 0. The van der Waals surface area contributed by atoms with Crippen LogP contribution in [0.4, 0.5) is 0 Å². The molecule has 2 atom stereocenters. The second kappa shape index (κ2) is 4.17. The minimum Gasteiger partial charge on any atom is -0.372 e. The van der Waals surface area contributed by atoms with E-state index < -0.39 is 0 Å². The van der Waals surface area contributed by atoms with Gasteiger partial charge < -0.3 is 10.5 Å². The first-order chi connectivity index (χ1) is 7.83. The number of hydrogen-bond donors (Lipinski definition) is 1. The maximum absolute atomic E-state index is 5.65. The van der Waals surface area contributed by atoms with Gasteiger partial charge in [-0.05, 0) is 11.1 Å². The molecule has 3 aliphatic rings. The van der Waals surface area contributed by atoms with Crippen LogP contribution in [0.3, 0.4) is 0 Å². The molecule has 0 radical (unpaired) electrons. The number of ether oxygens (including phenoxy) is 1. The molecule has 2 bridgehead atoms. The van der Waals surface area contributed by atoms with E-state index in [1.165, 1.54) is 17.5 Å². The lowest BCUT2D eigenvalue weighted by Gasteiger charge is -2.47. The maximum atomic E-state index is 5.65. The van der Waals surface area contributed by atoms with Gasteiger partial charge >= 0.3 is 0 Å². The third kappa shape index (κ3) is 1.98. The van der Waals surface area contributed by atoms with Crippen molar-refractivity contribution >= 4 is 0 Å². The SMILES string of the molecule is NCc1cccc(CN2CC3CC(C2)O3)c1. The van der Waals surface area contributed by atoms with Gasteiger partial charge in [0.1, 0.15) is 0 Å². The first-order valence-electron chi connectivity index (χ1n) is 5.99. The van der Waals surface area contributed by atoms with Crippen molar-refractivity contribution in [2.45, 2.75) is 31.7 Å². The highest BCUT2D eigenvalue weighted by atomic mass is 16.5. The second-order valence-corrected chi connectivity index (χ2v) is 4.83. The zero-order valence-corrected chi connectivity index (χ0v) is 9.43. The number of nitrogens with zero attached hydrogens (tertiary/aromatic N) is 1. The number of rotatable bonds is 3. The highest BCUT2D eigenvalue weighted by Gasteiger charge is 2.37. The molecule has 4 rings (SSSR count). The van der Waals surface area contributed by atoms with Crippen LogP contribution in [0.15, 0.2) is 24.3 Å². The number of nitrogens with two attached hydrogens (primary N) is 1. The summed E-state index contributed by atoms with van der Waals surface area (Å²) in [6.07, 6.45) is 2.26. The highest BCUT2D eigenvalue weighted by Crippen LogP contribution is 2.28. The van der Waals surface area contributed by atoms with Crippen LogP contribution >= 0.6 is 0 Å². The Morgan fingerprint density at radius 3 is 2.62 bits per heavy atom. The third-order valence-electron chi connectivity index (χ3n) is 3.47. The molecule has 0 aromatic heterocycles. The standard InChI is InChI=1S/C13H18N2O/c14-6-10-2-1-3-11(4-10)7-15-8-12-5-13(9-15)16-12/h1-4,12-13H,5-9,14H2. The monoisotopic (exact) mass is 218 g/mol. The predicted octanol–water partition coefficient (Wildman–Crippen LogP) is 1.12. The molecule has 1 aromatic carbocycles. The Hall–Kier alpha value is -0.900. The zero-order valence-electron chi connectivity index (χ0n) is 9.43. The Balaban J connectivity index is 1.64. The average Bonchev–Trinajstić information content (AvgIpc) is 2.28. The number of morpholine rings is 1. The first-order valence-corrected chi connectivity index (χ1v) is 5.99.